The normalized spacial score (nSPS) is 22.2. The molecule has 2 aliphatic rings. The summed E-state index contributed by atoms with van der Waals surface area (Å²) in [5.74, 6) is 0.952. The SMILES string of the molecule is Cc1cnc(OC2CCN(CC3CCCC3)CC2)nc1. The van der Waals surface area contributed by atoms with Crippen LogP contribution >= 0.6 is 0 Å². The van der Waals surface area contributed by atoms with Crippen molar-refractivity contribution in [1.29, 1.82) is 0 Å². The molecule has 0 bridgehead atoms. The van der Waals surface area contributed by atoms with E-state index in [2.05, 4.69) is 14.9 Å². The maximum absolute atomic E-state index is 5.88. The highest BCUT2D eigenvalue weighted by atomic mass is 16.5. The largest absolute Gasteiger partial charge is 0.460 e. The molecule has 1 aromatic heterocycles. The van der Waals surface area contributed by atoms with Crippen LogP contribution in [0, 0.1) is 12.8 Å². The molecule has 1 aliphatic carbocycles. The Balaban J connectivity index is 1.42. The number of rotatable bonds is 4. The first-order chi connectivity index (χ1) is 9.79. The molecule has 2 heterocycles. The number of aromatic nitrogens is 2. The summed E-state index contributed by atoms with van der Waals surface area (Å²) in [6.07, 6.45) is 11.9. The van der Waals surface area contributed by atoms with Crippen molar-refractivity contribution in [3.05, 3.63) is 18.0 Å². The first kappa shape index (κ1) is 13.8. The van der Waals surface area contributed by atoms with Gasteiger partial charge in [-0.1, -0.05) is 12.8 Å². The fraction of sp³-hybridized carbons (Fsp3) is 0.750. The van der Waals surface area contributed by atoms with E-state index in [1.807, 2.05) is 19.3 Å². The lowest BCUT2D eigenvalue weighted by atomic mass is 10.0. The van der Waals surface area contributed by atoms with E-state index in [-0.39, 0.29) is 6.10 Å². The lowest BCUT2D eigenvalue weighted by Crippen LogP contribution is -2.40. The molecule has 1 saturated carbocycles. The van der Waals surface area contributed by atoms with Crippen LogP contribution in [0.25, 0.3) is 0 Å². The fourth-order valence-electron chi connectivity index (χ4n) is 3.36. The van der Waals surface area contributed by atoms with E-state index in [4.69, 9.17) is 4.74 Å². The second-order valence-corrected chi connectivity index (χ2v) is 6.31. The predicted octanol–water partition coefficient (Wildman–Crippen LogP) is 2.82. The number of hydrogen-bond donors (Lipinski definition) is 0. The molecule has 1 aliphatic heterocycles. The van der Waals surface area contributed by atoms with E-state index < -0.39 is 0 Å². The van der Waals surface area contributed by atoms with Crippen LogP contribution in [0.3, 0.4) is 0 Å². The third-order valence-corrected chi connectivity index (χ3v) is 4.56. The summed E-state index contributed by atoms with van der Waals surface area (Å²) in [5.41, 5.74) is 1.07. The van der Waals surface area contributed by atoms with E-state index in [0.717, 1.165) is 37.4 Å². The van der Waals surface area contributed by atoms with Gasteiger partial charge in [-0.2, -0.15) is 0 Å². The summed E-state index contributed by atoms with van der Waals surface area (Å²) in [5, 5.41) is 0. The highest BCUT2D eigenvalue weighted by Crippen LogP contribution is 2.26. The van der Waals surface area contributed by atoms with E-state index >= 15 is 0 Å². The van der Waals surface area contributed by atoms with Crippen LogP contribution in [0.1, 0.15) is 44.1 Å². The van der Waals surface area contributed by atoms with Crippen molar-refractivity contribution in [2.45, 2.75) is 51.6 Å². The van der Waals surface area contributed by atoms with Gasteiger partial charge in [0.05, 0.1) is 0 Å². The van der Waals surface area contributed by atoms with Crippen molar-refractivity contribution in [3.8, 4) is 6.01 Å². The van der Waals surface area contributed by atoms with Gasteiger partial charge in [0.1, 0.15) is 6.10 Å². The van der Waals surface area contributed by atoms with Crippen LogP contribution in [-0.2, 0) is 0 Å². The summed E-state index contributed by atoms with van der Waals surface area (Å²) >= 11 is 0. The molecule has 3 rings (SSSR count). The zero-order valence-electron chi connectivity index (χ0n) is 12.4. The van der Waals surface area contributed by atoms with Gasteiger partial charge >= 0.3 is 6.01 Å². The summed E-state index contributed by atoms with van der Waals surface area (Å²) < 4.78 is 5.88. The quantitative estimate of drug-likeness (QED) is 0.847. The fourth-order valence-corrected chi connectivity index (χ4v) is 3.36. The number of piperidine rings is 1. The van der Waals surface area contributed by atoms with Gasteiger partial charge in [-0.3, -0.25) is 0 Å². The van der Waals surface area contributed by atoms with Crippen molar-refractivity contribution in [3.63, 3.8) is 0 Å². The van der Waals surface area contributed by atoms with Crippen molar-refractivity contribution in [1.82, 2.24) is 14.9 Å². The Hall–Kier alpha value is -1.16. The number of aryl methyl sites for hydroxylation is 1. The molecule has 0 unspecified atom stereocenters. The molecular weight excluding hydrogens is 250 g/mol. The first-order valence-electron chi connectivity index (χ1n) is 7.97. The van der Waals surface area contributed by atoms with Crippen LogP contribution in [0.2, 0.25) is 0 Å². The molecule has 0 N–H and O–H groups in total. The van der Waals surface area contributed by atoms with E-state index in [1.165, 1.54) is 32.2 Å². The minimum absolute atomic E-state index is 0.289. The second kappa shape index (κ2) is 6.53. The molecule has 0 spiro atoms. The Kier molecular flexibility index (Phi) is 4.51. The highest BCUT2D eigenvalue weighted by molar-refractivity contribution is 5.04. The lowest BCUT2D eigenvalue weighted by molar-refractivity contribution is 0.0846. The average molecular weight is 275 g/mol. The number of hydrogen-bond acceptors (Lipinski definition) is 4. The average Bonchev–Trinajstić information content (AvgIpc) is 2.96. The van der Waals surface area contributed by atoms with Crippen molar-refractivity contribution < 1.29 is 4.74 Å². The molecule has 20 heavy (non-hydrogen) atoms. The van der Waals surface area contributed by atoms with E-state index in [9.17, 15) is 0 Å². The van der Waals surface area contributed by atoms with Gasteiger partial charge in [0.25, 0.3) is 0 Å². The van der Waals surface area contributed by atoms with Crippen molar-refractivity contribution in [2.75, 3.05) is 19.6 Å². The Morgan fingerprint density at radius 1 is 1.10 bits per heavy atom. The van der Waals surface area contributed by atoms with E-state index in [0.29, 0.717) is 6.01 Å². The Morgan fingerprint density at radius 3 is 2.40 bits per heavy atom. The zero-order chi connectivity index (χ0) is 13.8. The number of nitrogens with zero attached hydrogens (tertiary/aromatic N) is 3. The number of likely N-dealkylation sites (tertiary alicyclic amines) is 1. The van der Waals surface area contributed by atoms with Crippen LogP contribution in [0.4, 0.5) is 0 Å². The van der Waals surface area contributed by atoms with Gasteiger partial charge in [-0.15, -0.1) is 0 Å². The van der Waals surface area contributed by atoms with Crippen LogP contribution in [0.5, 0.6) is 6.01 Å². The maximum atomic E-state index is 5.88. The predicted molar refractivity (Wildman–Crippen MR) is 78.8 cm³/mol. The van der Waals surface area contributed by atoms with Gasteiger partial charge in [0, 0.05) is 32.0 Å². The smallest absolute Gasteiger partial charge is 0.316 e. The van der Waals surface area contributed by atoms with Gasteiger partial charge < -0.3 is 9.64 Å². The minimum Gasteiger partial charge on any atom is -0.460 e. The molecule has 2 fully saturated rings. The van der Waals surface area contributed by atoms with Crippen LogP contribution in [-0.4, -0.2) is 40.6 Å². The summed E-state index contributed by atoms with van der Waals surface area (Å²) in [4.78, 5) is 11.1. The molecule has 1 aromatic rings. The molecule has 0 amide bonds. The van der Waals surface area contributed by atoms with Crippen LogP contribution < -0.4 is 4.74 Å². The minimum atomic E-state index is 0.289. The van der Waals surface area contributed by atoms with Gasteiger partial charge in [-0.25, -0.2) is 9.97 Å². The van der Waals surface area contributed by atoms with Crippen LogP contribution in [0.15, 0.2) is 12.4 Å². The number of ether oxygens (including phenoxy) is 1. The molecule has 4 nitrogen and oxygen atoms in total. The third kappa shape index (κ3) is 3.69. The molecular formula is C16H25N3O. The first-order valence-corrected chi connectivity index (χ1v) is 7.97. The summed E-state index contributed by atoms with van der Waals surface area (Å²) in [6, 6.07) is 0.532. The van der Waals surface area contributed by atoms with Gasteiger partial charge in [0.2, 0.25) is 0 Å². The molecule has 4 heteroatoms. The zero-order valence-corrected chi connectivity index (χ0v) is 12.4. The maximum Gasteiger partial charge on any atom is 0.316 e. The monoisotopic (exact) mass is 275 g/mol. The topological polar surface area (TPSA) is 38.2 Å². The second-order valence-electron chi connectivity index (χ2n) is 6.31. The molecule has 1 saturated heterocycles. The molecule has 0 atom stereocenters. The standard InChI is InChI=1S/C16H25N3O/c1-13-10-17-16(18-11-13)20-15-6-8-19(9-7-15)12-14-4-2-3-5-14/h10-11,14-15H,2-9,12H2,1H3. The highest BCUT2D eigenvalue weighted by Gasteiger charge is 2.24. The van der Waals surface area contributed by atoms with Gasteiger partial charge in [-0.05, 0) is 44.1 Å². The lowest BCUT2D eigenvalue weighted by Gasteiger charge is -2.33. The summed E-state index contributed by atoms with van der Waals surface area (Å²) in [6.45, 7) is 5.61. The van der Waals surface area contributed by atoms with E-state index in [1.54, 1.807) is 0 Å². The summed E-state index contributed by atoms with van der Waals surface area (Å²) in [7, 11) is 0. The Morgan fingerprint density at radius 2 is 1.75 bits per heavy atom. The molecule has 0 radical (unpaired) electrons. The molecule has 0 aromatic carbocycles. The third-order valence-electron chi connectivity index (χ3n) is 4.56. The Bertz CT molecular complexity index is 406. The van der Waals surface area contributed by atoms with Gasteiger partial charge in [0.15, 0.2) is 0 Å². The molecule has 110 valence electrons. The Labute approximate surface area is 121 Å². The van der Waals surface area contributed by atoms with Crippen molar-refractivity contribution in [2.24, 2.45) is 5.92 Å². The van der Waals surface area contributed by atoms with Crippen molar-refractivity contribution >= 4 is 0 Å².